The van der Waals surface area contributed by atoms with E-state index in [1.165, 1.54) is 4.90 Å². The number of ether oxygens (including phenoxy) is 1. The van der Waals surface area contributed by atoms with Crippen LogP contribution in [0.1, 0.15) is 40.2 Å². The predicted octanol–water partition coefficient (Wildman–Crippen LogP) is 0.786. The summed E-state index contributed by atoms with van der Waals surface area (Å²) >= 11 is 0. The minimum absolute atomic E-state index is 0.0471. The first-order chi connectivity index (χ1) is 11.4. The third-order valence-electron chi connectivity index (χ3n) is 4.39. The Balaban J connectivity index is 1.82. The van der Waals surface area contributed by atoms with Gasteiger partial charge in [0.1, 0.15) is 6.26 Å². The van der Waals surface area contributed by atoms with Gasteiger partial charge in [-0.3, -0.25) is 4.79 Å². The van der Waals surface area contributed by atoms with Crippen molar-refractivity contribution in [2.24, 2.45) is 0 Å². The Hall–Kier alpha value is -1.87. The zero-order valence-corrected chi connectivity index (χ0v) is 13.8. The van der Waals surface area contributed by atoms with Gasteiger partial charge in [0.05, 0.1) is 23.2 Å². The highest BCUT2D eigenvalue weighted by atomic mass is 32.2. The summed E-state index contributed by atoms with van der Waals surface area (Å²) in [7, 11) is -3.16. The molecular formula is C15H19NO7S. The van der Waals surface area contributed by atoms with Crippen molar-refractivity contribution in [3.8, 4) is 0 Å². The average molecular weight is 357 g/mol. The van der Waals surface area contributed by atoms with Crippen molar-refractivity contribution in [2.45, 2.75) is 31.4 Å². The van der Waals surface area contributed by atoms with Gasteiger partial charge in [-0.25, -0.2) is 13.2 Å². The second kappa shape index (κ2) is 6.56. The van der Waals surface area contributed by atoms with Gasteiger partial charge < -0.3 is 19.2 Å². The van der Waals surface area contributed by atoms with Gasteiger partial charge in [-0.15, -0.1) is 0 Å². The van der Waals surface area contributed by atoms with Crippen LogP contribution in [0, 0.1) is 0 Å². The highest BCUT2D eigenvalue weighted by Gasteiger charge is 2.37. The van der Waals surface area contributed by atoms with E-state index in [0.29, 0.717) is 13.0 Å². The number of amides is 1. The van der Waals surface area contributed by atoms with Crippen LogP contribution in [0.15, 0.2) is 16.7 Å². The number of hydrogen-bond acceptors (Lipinski definition) is 6. The van der Waals surface area contributed by atoms with Gasteiger partial charge in [0.15, 0.2) is 15.6 Å². The van der Waals surface area contributed by atoms with E-state index in [2.05, 4.69) is 0 Å². The Morgan fingerprint density at radius 3 is 2.67 bits per heavy atom. The molecule has 0 saturated carbocycles. The molecule has 0 aromatic carbocycles. The fourth-order valence-corrected chi connectivity index (χ4v) is 4.86. The Bertz CT molecular complexity index is 733. The fourth-order valence-electron chi connectivity index (χ4n) is 3.13. The number of nitrogens with zero attached hydrogens (tertiary/aromatic N) is 1. The maximum absolute atomic E-state index is 12.8. The number of carbonyl (C=O) groups excluding carboxylic acids is 1. The molecule has 2 aliphatic rings. The van der Waals surface area contributed by atoms with Crippen molar-refractivity contribution in [1.29, 1.82) is 0 Å². The molecule has 1 aromatic rings. The van der Waals surface area contributed by atoms with Crippen LogP contribution in [0.2, 0.25) is 0 Å². The Labute approximate surface area is 139 Å². The third-order valence-corrected chi connectivity index (χ3v) is 6.14. The lowest BCUT2D eigenvalue weighted by Crippen LogP contribution is -2.45. The maximum Gasteiger partial charge on any atom is 0.338 e. The molecule has 0 aliphatic carbocycles. The molecule has 2 fully saturated rings. The Morgan fingerprint density at radius 2 is 2.12 bits per heavy atom. The van der Waals surface area contributed by atoms with Gasteiger partial charge >= 0.3 is 5.97 Å². The third kappa shape index (κ3) is 3.62. The van der Waals surface area contributed by atoms with Crippen LogP contribution in [0.3, 0.4) is 0 Å². The molecule has 9 heteroatoms. The monoisotopic (exact) mass is 357 g/mol. The first-order valence-electron chi connectivity index (χ1n) is 7.80. The van der Waals surface area contributed by atoms with Gasteiger partial charge in [-0.1, -0.05) is 0 Å². The first kappa shape index (κ1) is 17.0. The molecule has 8 nitrogen and oxygen atoms in total. The number of hydrogen-bond donors (Lipinski definition) is 1. The van der Waals surface area contributed by atoms with Crippen LogP contribution in [0.25, 0.3) is 0 Å². The summed E-state index contributed by atoms with van der Waals surface area (Å²) < 4.78 is 34.2. The lowest BCUT2D eigenvalue weighted by atomic mass is 10.1. The Morgan fingerprint density at radius 1 is 1.33 bits per heavy atom. The van der Waals surface area contributed by atoms with Gasteiger partial charge in [0, 0.05) is 25.3 Å². The molecule has 1 N–H and O–H groups in total. The van der Waals surface area contributed by atoms with Crippen LogP contribution >= 0.6 is 0 Å². The summed E-state index contributed by atoms with van der Waals surface area (Å²) in [5, 5.41) is 8.94. The van der Waals surface area contributed by atoms with E-state index in [0.717, 1.165) is 25.2 Å². The minimum atomic E-state index is -3.16. The van der Waals surface area contributed by atoms with E-state index in [-0.39, 0.29) is 35.5 Å². The van der Waals surface area contributed by atoms with Crippen molar-refractivity contribution in [2.75, 3.05) is 24.7 Å². The highest BCUT2D eigenvalue weighted by molar-refractivity contribution is 7.91. The smallest absolute Gasteiger partial charge is 0.338 e. The minimum Gasteiger partial charge on any atom is -0.478 e. The molecule has 2 saturated heterocycles. The molecule has 1 aromatic heterocycles. The summed E-state index contributed by atoms with van der Waals surface area (Å²) in [5.74, 6) is -1.83. The van der Waals surface area contributed by atoms with E-state index in [1.807, 2.05) is 0 Å². The molecule has 2 aliphatic heterocycles. The standard InChI is InChI=1S/C15H19NO7S/c17-14(13-6-10(8-23-13)15(18)19)16(7-12-2-1-4-22-12)11-3-5-24(20,21)9-11/h6,8,11-12H,1-5,7,9H2,(H,18,19). The molecule has 24 heavy (non-hydrogen) atoms. The van der Waals surface area contributed by atoms with Crippen molar-refractivity contribution >= 4 is 21.7 Å². The van der Waals surface area contributed by atoms with Crippen LogP contribution in [-0.2, 0) is 14.6 Å². The molecule has 0 bridgehead atoms. The number of carboxylic acid groups (broad SMARTS) is 1. The molecule has 1 amide bonds. The molecule has 0 radical (unpaired) electrons. The molecule has 132 valence electrons. The number of furan rings is 1. The second-order valence-electron chi connectivity index (χ2n) is 6.15. The van der Waals surface area contributed by atoms with Crippen LogP contribution in [0.4, 0.5) is 0 Å². The largest absolute Gasteiger partial charge is 0.478 e. The zero-order chi connectivity index (χ0) is 17.3. The summed E-state index contributed by atoms with van der Waals surface area (Å²) in [5.41, 5.74) is -0.116. The maximum atomic E-state index is 12.8. The SMILES string of the molecule is O=C(O)c1coc(C(=O)N(CC2CCCO2)C2CCS(=O)(=O)C2)c1. The van der Waals surface area contributed by atoms with Crippen LogP contribution in [-0.4, -0.2) is 67.1 Å². The quantitative estimate of drug-likeness (QED) is 0.828. The molecule has 2 atom stereocenters. The Kier molecular flexibility index (Phi) is 4.64. The molecule has 3 rings (SSSR count). The predicted molar refractivity (Wildman–Crippen MR) is 82.7 cm³/mol. The van der Waals surface area contributed by atoms with E-state index in [4.69, 9.17) is 14.3 Å². The van der Waals surface area contributed by atoms with Crippen molar-refractivity contribution in [3.05, 3.63) is 23.7 Å². The summed E-state index contributed by atoms with van der Waals surface area (Å²) in [4.78, 5) is 25.2. The zero-order valence-electron chi connectivity index (χ0n) is 13.0. The number of carbonyl (C=O) groups is 2. The lowest BCUT2D eigenvalue weighted by molar-refractivity contribution is 0.0418. The van der Waals surface area contributed by atoms with E-state index >= 15 is 0 Å². The van der Waals surface area contributed by atoms with Crippen LogP contribution in [0.5, 0.6) is 0 Å². The summed E-state index contributed by atoms with van der Waals surface area (Å²) in [6, 6.07) is 0.724. The number of sulfone groups is 1. The summed E-state index contributed by atoms with van der Waals surface area (Å²) in [6.45, 7) is 0.904. The number of aromatic carboxylic acids is 1. The molecule has 0 spiro atoms. The number of carboxylic acids is 1. The van der Waals surface area contributed by atoms with Crippen molar-refractivity contribution < 1.29 is 32.3 Å². The van der Waals surface area contributed by atoms with Crippen molar-refractivity contribution in [3.63, 3.8) is 0 Å². The summed E-state index contributed by atoms with van der Waals surface area (Å²) in [6.07, 6.45) is 2.95. The highest BCUT2D eigenvalue weighted by Crippen LogP contribution is 2.24. The van der Waals surface area contributed by atoms with Gasteiger partial charge in [-0.2, -0.15) is 0 Å². The van der Waals surface area contributed by atoms with E-state index in [9.17, 15) is 18.0 Å². The van der Waals surface area contributed by atoms with E-state index in [1.54, 1.807) is 0 Å². The first-order valence-corrected chi connectivity index (χ1v) is 9.63. The molecule has 3 heterocycles. The lowest BCUT2D eigenvalue weighted by Gasteiger charge is -2.29. The number of rotatable bonds is 5. The molecular weight excluding hydrogens is 338 g/mol. The van der Waals surface area contributed by atoms with E-state index < -0.39 is 27.8 Å². The topological polar surface area (TPSA) is 114 Å². The fraction of sp³-hybridized carbons (Fsp3) is 0.600. The van der Waals surface area contributed by atoms with Gasteiger partial charge in [0.25, 0.3) is 5.91 Å². The molecule has 2 unspecified atom stereocenters. The van der Waals surface area contributed by atoms with Gasteiger partial charge in [-0.05, 0) is 19.3 Å². The van der Waals surface area contributed by atoms with Crippen LogP contribution < -0.4 is 0 Å². The van der Waals surface area contributed by atoms with Crippen molar-refractivity contribution in [1.82, 2.24) is 4.90 Å². The normalized spacial score (nSPS) is 25.7. The van der Waals surface area contributed by atoms with Gasteiger partial charge in [0.2, 0.25) is 0 Å². The average Bonchev–Trinajstić information content (AvgIpc) is 3.24. The second-order valence-corrected chi connectivity index (χ2v) is 8.38.